The van der Waals surface area contributed by atoms with Gasteiger partial charge in [0.05, 0.1) is 17.9 Å². The lowest BCUT2D eigenvalue weighted by molar-refractivity contribution is 0.622. The minimum absolute atomic E-state index is 0.378. The summed E-state index contributed by atoms with van der Waals surface area (Å²) in [6.45, 7) is 0. The molecule has 1 aromatic carbocycles. The molecule has 0 aliphatic heterocycles. The van der Waals surface area contributed by atoms with E-state index in [4.69, 9.17) is 5.73 Å². The maximum Gasteiger partial charge on any atom is 0.142 e. The van der Waals surface area contributed by atoms with E-state index in [2.05, 4.69) is 10.1 Å². The van der Waals surface area contributed by atoms with Crippen LogP contribution >= 0.6 is 0 Å². The number of anilines is 1. The van der Waals surface area contributed by atoms with Crippen LogP contribution in [0.5, 0.6) is 0 Å². The number of halogens is 1. The number of fused-ring (bicyclic) bond motifs is 1. The molecule has 4 nitrogen and oxygen atoms in total. The fourth-order valence-electron chi connectivity index (χ4n) is 2.03. The van der Waals surface area contributed by atoms with Crippen LogP contribution in [0.2, 0.25) is 0 Å². The minimum atomic E-state index is -0.378. The number of aromatic nitrogens is 3. The maximum absolute atomic E-state index is 13.2. The van der Waals surface area contributed by atoms with E-state index < -0.39 is 0 Å². The van der Waals surface area contributed by atoms with E-state index in [-0.39, 0.29) is 5.82 Å². The van der Waals surface area contributed by atoms with Gasteiger partial charge in [-0.3, -0.25) is 9.67 Å². The van der Waals surface area contributed by atoms with E-state index in [1.165, 1.54) is 12.3 Å². The third kappa shape index (κ3) is 1.60. The van der Waals surface area contributed by atoms with E-state index in [1.54, 1.807) is 17.1 Å². The number of nitrogens with two attached hydrogens (primary N) is 1. The van der Waals surface area contributed by atoms with Crippen LogP contribution in [0.1, 0.15) is 0 Å². The first-order chi connectivity index (χ1) is 8.65. The zero-order valence-corrected chi connectivity index (χ0v) is 9.76. The molecular formula is C13H11FN4. The smallest absolute Gasteiger partial charge is 0.142 e. The van der Waals surface area contributed by atoms with E-state index in [1.807, 2.05) is 19.2 Å². The van der Waals surface area contributed by atoms with E-state index in [9.17, 15) is 4.39 Å². The number of hydrogen-bond donors (Lipinski definition) is 1. The SMILES string of the molecule is Cn1ncc2cc(N)c(-c3cncc(F)c3)cc21. The van der Waals surface area contributed by atoms with E-state index >= 15 is 0 Å². The zero-order chi connectivity index (χ0) is 12.7. The summed E-state index contributed by atoms with van der Waals surface area (Å²) in [6, 6.07) is 5.15. The highest BCUT2D eigenvalue weighted by atomic mass is 19.1. The largest absolute Gasteiger partial charge is 0.398 e. The Balaban J connectivity index is 2.28. The standard InChI is InChI=1S/C13H11FN4/c1-18-13-4-11(8-2-10(14)7-16-5-8)12(15)3-9(13)6-17-18/h2-7H,15H2,1H3. The monoisotopic (exact) mass is 242 g/mol. The Morgan fingerprint density at radius 3 is 2.78 bits per heavy atom. The van der Waals surface area contributed by atoms with E-state index in [0.717, 1.165) is 16.5 Å². The number of hydrogen-bond acceptors (Lipinski definition) is 3. The molecule has 0 saturated carbocycles. The fraction of sp³-hybridized carbons (Fsp3) is 0.0769. The van der Waals surface area contributed by atoms with Crippen LogP contribution in [0.25, 0.3) is 22.0 Å². The van der Waals surface area contributed by atoms with Crippen molar-refractivity contribution in [3.63, 3.8) is 0 Å². The van der Waals surface area contributed by atoms with Crippen molar-refractivity contribution in [1.82, 2.24) is 14.8 Å². The highest BCUT2D eigenvalue weighted by molar-refractivity contribution is 5.91. The van der Waals surface area contributed by atoms with Crippen molar-refractivity contribution in [2.75, 3.05) is 5.73 Å². The average molecular weight is 242 g/mol. The van der Waals surface area contributed by atoms with Crippen molar-refractivity contribution in [2.45, 2.75) is 0 Å². The molecule has 0 atom stereocenters. The minimum Gasteiger partial charge on any atom is -0.398 e. The van der Waals surface area contributed by atoms with Crippen LogP contribution in [0.3, 0.4) is 0 Å². The van der Waals surface area contributed by atoms with Crippen LogP contribution in [-0.2, 0) is 7.05 Å². The Morgan fingerprint density at radius 2 is 2.00 bits per heavy atom. The van der Waals surface area contributed by atoms with Crippen molar-refractivity contribution in [2.24, 2.45) is 7.05 Å². The highest BCUT2D eigenvalue weighted by Crippen LogP contribution is 2.30. The van der Waals surface area contributed by atoms with Crippen molar-refractivity contribution in [1.29, 1.82) is 0 Å². The summed E-state index contributed by atoms with van der Waals surface area (Å²) in [4.78, 5) is 3.84. The quantitative estimate of drug-likeness (QED) is 0.666. The molecule has 0 aliphatic carbocycles. The second-order valence-corrected chi connectivity index (χ2v) is 4.16. The van der Waals surface area contributed by atoms with Gasteiger partial charge in [0.15, 0.2) is 0 Å². The summed E-state index contributed by atoms with van der Waals surface area (Å²) < 4.78 is 15.0. The number of aryl methyl sites for hydroxylation is 1. The van der Waals surface area contributed by atoms with Gasteiger partial charge >= 0.3 is 0 Å². The van der Waals surface area contributed by atoms with Crippen LogP contribution in [0.4, 0.5) is 10.1 Å². The molecule has 18 heavy (non-hydrogen) atoms. The summed E-state index contributed by atoms with van der Waals surface area (Å²) in [5, 5.41) is 5.12. The van der Waals surface area contributed by atoms with Gasteiger partial charge in [0, 0.05) is 35.4 Å². The van der Waals surface area contributed by atoms with Crippen molar-refractivity contribution < 1.29 is 4.39 Å². The number of nitrogens with zero attached hydrogens (tertiary/aromatic N) is 3. The first-order valence-corrected chi connectivity index (χ1v) is 5.47. The first-order valence-electron chi connectivity index (χ1n) is 5.47. The molecule has 5 heteroatoms. The topological polar surface area (TPSA) is 56.7 Å². The lowest BCUT2D eigenvalue weighted by Gasteiger charge is -2.06. The highest BCUT2D eigenvalue weighted by Gasteiger charge is 2.08. The first kappa shape index (κ1) is 10.7. The molecule has 0 bridgehead atoms. The van der Waals surface area contributed by atoms with Gasteiger partial charge in [0.25, 0.3) is 0 Å². The molecule has 0 aliphatic rings. The Labute approximate surface area is 103 Å². The molecule has 0 radical (unpaired) electrons. The van der Waals surface area contributed by atoms with Crippen LogP contribution in [-0.4, -0.2) is 14.8 Å². The Morgan fingerprint density at radius 1 is 1.17 bits per heavy atom. The van der Waals surface area contributed by atoms with Crippen molar-refractivity contribution in [3.05, 3.63) is 42.6 Å². The molecule has 0 spiro atoms. The van der Waals surface area contributed by atoms with Crippen LogP contribution in [0, 0.1) is 5.82 Å². The predicted octanol–water partition coefficient (Wildman–Crippen LogP) is 2.36. The molecule has 2 N–H and O–H groups in total. The Hall–Kier alpha value is -2.43. The normalized spacial score (nSPS) is 11.0. The van der Waals surface area contributed by atoms with Gasteiger partial charge in [-0.15, -0.1) is 0 Å². The lowest BCUT2D eigenvalue weighted by Crippen LogP contribution is -1.94. The number of pyridine rings is 1. The second-order valence-electron chi connectivity index (χ2n) is 4.16. The summed E-state index contributed by atoms with van der Waals surface area (Å²) in [5.74, 6) is -0.378. The number of benzene rings is 1. The molecule has 2 aromatic heterocycles. The van der Waals surface area contributed by atoms with Gasteiger partial charge in [-0.05, 0) is 18.2 Å². The molecule has 0 saturated heterocycles. The van der Waals surface area contributed by atoms with Crippen molar-refractivity contribution in [3.8, 4) is 11.1 Å². The zero-order valence-electron chi connectivity index (χ0n) is 9.76. The number of rotatable bonds is 1. The Bertz CT molecular complexity index is 733. The van der Waals surface area contributed by atoms with Gasteiger partial charge in [-0.1, -0.05) is 0 Å². The third-order valence-corrected chi connectivity index (χ3v) is 2.93. The summed E-state index contributed by atoms with van der Waals surface area (Å²) >= 11 is 0. The van der Waals surface area contributed by atoms with Crippen LogP contribution < -0.4 is 5.73 Å². The molecule has 90 valence electrons. The lowest BCUT2D eigenvalue weighted by atomic mass is 10.0. The molecule has 0 amide bonds. The average Bonchev–Trinajstić information content (AvgIpc) is 2.69. The van der Waals surface area contributed by atoms with E-state index in [0.29, 0.717) is 11.3 Å². The van der Waals surface area contributed by atoms with Crippen molar-refractivity contribution >= 4 is 16.6 Å². The second kappa shape index (κ2) is 3.80. The summed E-state index contributed by atoms with van der Waals surface area (Å²) in [7, 11) is 1.85. The molecule has 0 unspecified atom stereocenters. The molecule has 0 fully saturated rings. The van der Waals surface area contributed by atoms with Crippen LogP contribution in [0.15, 0.2) is 36.8 Å². The maximum atomic E-state index is 13.2. The Kier molecular flexibility index (Phi) is 2.26. The van der Waals surface area contributed by atoms with Gasteiger partial charge in [-0.25, -0.2) is 4.39 Å². The summed E-state index contributed by atoms with van der Waals surface area (Å²) in [6.07, 6.45) is 4.51. The fourth-order valence-corrected chi connectivity index (χ4v) is 2.03. The molecule has 3 rings (SSSR count). The van der Waals surface area contributed by atoms with Gasteiger partial charge < -0.3 is 5.73 Å². The van der Waals surface area contributed by atoms with Gasteiger partial charge in [0.2, 0.25) is 0 Å². The van der Waals surface area contributed by atoms with Gasteiger partial charge in [-0.2, -0.15) is 5.10 Å². The summed E-state index contributed by atoms with van der Waals surface area (Å²) in [5.41, 5.74) is 8.95. The molecule has 3 aromatic rings. The van der Waals surface area contributed by atoms with Gasteiger partial charge in [0.1, 0.15) is 5.82 Å². The predicted molar refractivity (Wildman–Crippen MR) is 68.3 cm³/mol. The number of nitrogen functional groups attached to an aromatic ring is 1. The molecule has 2 heterocycles. The molecular weight excluding hydrogens is 231 g/mol. The third-order valence-electron chi connectivity index (χ3n) is 2.93.